The van der Waals surface area contributed by atoms with E-state index in [1.165, 1.54) is 44.0 Å². The van der Waals surface area contributed by atoms with Crippen LogP contribution in [0.1, 0.15) is 36.9 Å². The van der Waals surface area contributed by atoms with Crippen LogP contribution in [0.25, 0.3) is 0 Å². The number of aromatic nitrogens is 2. The molecule has 0 bridgehead atoms. The highest BCUT2D eigenvalue weighted by Crippen LogP contribution is 2.25. The molecule has 0 spiro atoms. The molecule has 1 aliphatic rings. The predicted molar refractivity (Wildman–Crippen MR) is 119 cm³/mol. The zero-order valence-corrected chi connectivity index (χ0v) is 18.1. The molecule has 2 N–H and O–H groups in total. The van der Waals surface area contributed by atoms with E-state index in [-0.39, 0.29) is 17.4 Å². The standard InChI is InChI=1S/C21H27N5O3S/c1-15-11-20(24-21(23-15)26-9-5-3-4-6-10-26)30-14-19(28)25-22-13-16-7-8-17(27)18(12-16)29-2/h7-8,11-13,27H,3-6,9-10,14H2,1-2H3,(H,25,28). The largest absolute Gasteiger partial charge is 0.504 e. The molecular formula is C21H27N5O3S. The number of phenolic OH excluding ortho intramolecular Hbond substituents is 1. The van der Waals surface area contributed by atoms with Crippen molar-refractivity contribution >= 4 is 29.8 Å². The Morgan fingerprint density at radius 2 is 2.03 bits per heavy atom. The number of ether oxygens (including phenoxy) is 1. The lowest BCUT2D eigenvalue weighted by Gasteiger charge is -2.20. The molecule has 0 atom stereocenters. The van der Waals surface area contributed by atoms with Crippen LogP contribution < -0.4 is 15.1 Å². The first-order chi connectivity index (χ1) is 14.5. The highest BCUT2D eigenvalue weighted by atomic mass is 32.2. The Labute approximate surface area is 180 Å². The van der Waals surface area contributed by atoms with Crippen molar-refractivity contribution < 1.29 is 14.6 Å². The minimum absolute atomic E-state index is 0.0507. The Hall–Kier alpha value is -2.81. The summed E-state index contributed by atoms with van der Waals surface area (Å²) in [5, 5.41) is 14.4. The van der Waals surface area contributed by atoms with Crippen molar-refractivity contribution in [1.82, 2.24) is 15.4 Å². The van der Waals surface area contributed by atoms with Gasteiger partial charge in [-0.2, -0.15) is 5.10 Å². The van der Waals surface area contributed by atoms with Gasteiger partial charge >= 0.3 is 0 Å². The molecule has 0 unspecified atom stereocenters. The van der Waals surface area contributed by atoms with Crippen LogP contribution in [0.3, 0.4) is 0 Å². The second-order valence-corrected chi connectivity index (χ2v) is 8.06. The zero-order chi connectivity index (χ0) is 21.3. The van der Waals surface area contributed by atoms with E-state index in [0.29, 0.717) is 11.3 Å². The van der Waals surface area contributed by atoms with Gasteiger partial charge in [-0.25, -0.2) is 15.4 Å². The Bertz CT molecular complexity index is 898. The minimum atomic E-state index is -0.227. The molecule has 160 valence electrons. The van der Waals surface area contributed by atoms with Crippen molar-refractivity contribution in [1.29, 1.82) is 0 Å². The second-order valence-electron chi connectivity index (χ2n) is 7.06. The quantitative estimate of drug-likeness (QED) is 0.302. The van der Waals surface area contributed by atoms with Crippen LogP contribution in [0.5, 0.6) is 11.5 Å². The first-order valence-corrected chi connectivity index (χ1v) is 11.0. The van der Waals surface area contributed by atoms with Crippen LogP contribution in [-0.2, 0) is 4.79 Å². The Kier molecular flexibility index (Phi) is 7.89. The summed E-state index contributed by atoms with van der Waals surface area (Å²) in [5.74, 6) is 1.12. The van der Waals surface area contributed by atoms with Gasteiger partial charge < -0.3 is 14.7 Å². The summed E-state index contributed by atoms with van der Waals surface area (Å²) in [6.45, 7) is 3.90. The first-order valence-electron chi connectivity index (χ1n) is 9.97. The Morgan fingerprint density at radius 3 is 2.77 bits per heavy atom. The van der Waals surface area contributed by atoms with E-state index in [0.717, 1.165) is 42.6 Å². The van der Waals surface area contributed by atoms with Crippen molar-refractivity contribution in [2.24, 2.45) is 5.10 Å². The number of hydrazone groups is 1. The van der Waals surface area contributed by atoms with Gasteiger partial charge in [0.15, 0.2) is 11.5 Å². The number of amides is 1. The van der Waals surface area contributed by atoms with Crippen molar-refractivity contribution in [3.8, 4) is 11.5 Å². The maximum absolute atomic E-state index is 12.1. The van der Waals surface area contributed by atoms with E-state index in [2.05, 4.69) is 25.4 Å². The van der Waals surface area contributed by atoms with Crippen molar-refractivity contribution in [3.05, 3.63) is 35.5 Å². The maximum atomic E-state index is 12.1. The molecule has 3 rings (SSSR count). The molecule has 0 saturated carbocycles. The van der Waals surface area contributed by atoms with Gasteiger partial charge in [0.05, 0.1) is 19.1 Å². The van der Waals surface area contributed by atoms with Gasteiger partial charge in [0.2, 0.25) is 11.9 Å². The van der Waals surface area contributed by atoms with Gasteiger partial charge in [-0.05, 0) is 49.6 Å². The van der Waals surface area contributed by atoms with Crippen LogP contribution in [-0.4, -0.2) is 53.1 Å². The van der Waals surface area contributed by atoms with Crippen LogP contribution in [0, 0.1) is 6.92 Å². The SMILES string of the molecule is COc1cc(C=NNC(=O)CSc2cc(C)nc(N3CCCCCC3)n2)ccc1O. The van der Waals surface area contributed by atoms with Crippen molar-refractivity contribution in [2.45, 2.75) is 37.6 Å². The number of benzene rings is 1. The van der Waals surface area contributed by atoms with E-state index in [1.807, 2.05) is 13.0 Å². The summed E-state index contributed by atoms with van der Waals surface area (Å²) in [6.07, 6.45) is 6.32. The molecule has 9 heteroatoms. The van der Waals surface area contributed by atoms with Crippen LogP contribution in [0.4, 0.5) is 5.95 Å². The first kappa shape index (κ1) is 21.9. The molecule has 30 heavy (non-hydrogen) atoms. The molecule has 2 heterocycles. The lowest BCUT2D eigenvalue weighted by molar-refractivity contribution is -0.118. The summed E-state index contributed by atoms with van der Waals surface area (Å²) in [7, 11) is 1.47. The average molecular weight is 430 g/mol. The van der Waals surface area contributed by atoms with Gasteiger partial charge in [0, 0.05) is 18.8 Å². The third kappa shape index (κ3) is 6.35. The molecule has 1 aromatic heterocycles. The molecule has 1 amide bonds. The second kappa shape index (κ2) is 10.8. The van der Waals surface area contributed by atoms with Gasteiger partial charge in [-0.3, -0.25) is 4.79 Å². The summed E-state index contributed by atoms with van der Waals surface area (Å²) in [5.41, 5.74) is 4.10. The van der Waals surface area contributed by atoms with Gasteiger partial charge in [-0.15, -0.1) is 0 Å². The number of carbonyl (C=O) groups excluding carboxylic acids is 1. The number of nitrogens with zero attached hydrogens (tertiary/aromatic N) is 4. The number of hydrogen-bond donors (Lipinski definition) is 2. The van der Waals surface area contributed by atoms with Gasteiger partial charge in [0.1, 0.15) is 5.03 Å². The minimum Gasteiger partial charge on any atom is -0.504 e. The van der Waals surface area contributed by atoms with Crippen molar-refractivity contribution in [3.63, 3.8) is 0 Å². The Balaban J connectivity index is 1.54. The number of methoxy groups -OCH3 is 1. The Morgan fingerprint density at radius 1 is 1.27 bits per heavy atom. The number of anilines is 1. The van der Waals surface area contributed by atoms with E-state index in [1.54, 1.807) is 12.1 Å². The molecule has 1 saturated heterocycles. The third-order valence-corrected chi connectivity index (χ3v) is 5.58. The highest BCUT2D eigenvalue weighted by molar-refractivity contribution is 7.99. The van der Waals surface area contributed by atoms with Gasteiger partial charge in [0.25, 0.3) is 0 Å². The number of phenols is 1. The van der Waals surface area contributed by atoms with E-state index >= 15 is 0 Å². The van der Waals surface area contributed by atoms with Crippen molar-refractivity contribution in [2.75, 3.05) is 30.9 Å². The highest BCUT2D eigenvalue weighted by Gasteiger charge is 2.14. The number of nitrogens with one attached hydrogen (secondary N) is 1. The normalized spacial score (nSPS) is 14.5. The molecule has 2 aromatic rings. The molecule has 1 fully saturated rings. The zero-order valence-electron chi connectivity index (χ0n) is 17.3. The number of carbonyl (C=O) groups is 1. The summed E-state index contributed by atoms with van der Waals surface area (Å²) < 4.78 is 5.05. The molecule has 0 aliphatic carbocycles. The third-order valence-electron chi connectivity index (χ3n) is 4.67. The smallest absolute Gasteiger partial charge is 0.250 e. The lowest BCUT2D eigenvalue weighted by atomic mass is 10.2. The average Bonchev–Trinajstić information content (AvgIpc) is 3.03. The van der Waals surface area contributed by atoms with E-state index in [9.17, 15) is 9.90 Å². The fourth-order valence-electron chi connectivity index (χ4n) is 3.14. The predicted octanol–water partition coefficient (Wildman–Crippen LogP) is 3.12. The maximum Gasteiger partial charge on any atom is 0.250 e. The topological polar surface area (TPSA) is 99.9 Å². The van der Waals surface area contributed by atoms with Gasteiger partial charge in [-0.1, -0.05) is 24.6 Å². The number of aromatic hydroxyl groups is 1. The fourth-order valence-corrected chi connectivity index (χ4v) is 3.88. The summed E-state index contributed by atoms with van der Waals surface area (Å²) >= 11 is 1.36. The lowest BCUT2D eigenvalue weighted by Crippen LogP contribution is -2.26. The van der Waals surface area contributed by atoms with Crippen LogP contribution in [0.15, 0.2) is 34.4 Å². The molecular weight excluding hydrogens is 402 g/mol. The fraction of sp³-hybridized carbons (Fsp3) is 0.429. The number of rotatable bonds is 7. The van der Waals surface area contributed by atoms with E-state index < -0.39 is 0 Å². The number of hydrogen-bond acceptors (Lipinski definition) is 8. The number of aryl methyl sites for hydroxylation is 1. The monoisotopic (exact) mass is 429 g/mol. The van der Waals surface area contributed by atoms with E-state index in [4.69, 9.17) is 4.74 Å². The molecule has 1 aliphatic heterocycles. The summed E-state index contributed by atoms with van der Waals surface area (Å²) in [4.78, 5) is 23.6. The van der Waals surface area contributed by atoms with Crippen LogP contribution in [0.2, 0.25) is 0 Å². The summed E-state index contributed by atoms with van der Waals surface area (Å²) in [6, 6.07) is 6.71. The molecule has 1 aromatic carbocycles. The molecule has 0 radical (unpaired) electrons. The number of thioether (sulfide) groups is 1. The molecule has 8 nitrogen and oxygen atoms in total. The van der Waals surface area contributed by atoms with Crippen LogP contribution >= 0.6 is 11.8 Å².